The highest BCUT2D eigenvalue weighted by atomic mass is 19.1. The molecule has 0 aliphatic carbocycles. The molecular formula is C14H19FN4O. The van der Waals surface area contributed by atoms with Crippen LogP contribution < -0.4 is 10.5 Å². The van der Waals surface area contributed by atoms with Gasteiger partial charge in [0.05, 0.1) is 0 Å². The SMILES string of the molecule is CCCn1ncnc1COc1ccc([C@@H](C)N)cc1F. The molecule has 0 spiro atoms. The zero-order chi connectivity index (χ0) is 14.5. The van der Waals surface area contributed by atoms with E-state index in [0.717, 1.165) is 18.5 Å². The molecule has 1 heterocycles. The molecule has 1 aromatic heterocycles. The first kappa shape index (κ1) is 14.5. The Morgan fingerprint density at radius 2 is 2.25 bits per heavy atom. The number of rotatable bonds is 6. The highest BCUT2D eigenvalue weighted by molar-refractivity contribution is 5.30. The number of hydrogen-bond donors (Lipinski definition) is 1. The van der Waals surface area contributed by atoms with Gasteiger partial charge in [0.25, 0.3) is 0 Å². The van der Waals surface area contributed by atoms with E-state index >= 15 is 0 Å². The zero-order valence-electron chi connectivity index (χ0n) is 11.7. The number of hydrogen-bond acceptors (Lipinski definition) is 4. The van der Waals surface area contributed by atoms with Gasteiger partial charge < -0.3 is 10.5 Å². The van der Waals surface area contributed by atoms with Crippen LogP contribution in [0.15, 0.2) is 24.5 Å². The summed E-state index contributed by atoms with van der Waals surface area (Å²) in [6, 6.07) is 4.55. The van der Waals surface area contributed by atoms with Crippen molar-refractivity contribution in [1.82, 2.24) is 14.8 Å². The van der Waals surface area contributed by atoms with Crippen LogP contribution in [0.5, 0.6) is 5.75 Å². The minimum atomic E-state index is -0.415. The summed E-state index contributed by atoms with van der Waals surface area (Å²) in [6.45, 7) is 4.82. The van der Waals surface area contributed by atoms with Crippen LogP contribution in [0.3, 0.4) is 0 Å². The number of halogens is 1. The van der Waals surface area contributed by atoms with Crippen molar-refractivity contribution in [2.45, 2.75) is 39.5 Å². The minimum Gasteiger partial charge on any atom is -0.483 e. The number of nitrogens with zero attached hydrogens (tertiary/aromatic N) is 3. The summed E-state index contributed by atoms with van der Waals surface area (Å²) >= 11 is 0. The summed E-state index contributed by atoms with van der Waals surface area (Å²) < 4.78 is 21.1. The van der Waals surface area contributed by atoms with Crippen LogP contribution in [0, 0.1) is 5.82 Å². The second-order valence-corrected chi connectivity index (χ2v) is 4.67. The second kappa shape index (κ2) is 6.47. The van der Waals surface area contributed by atoms with E-state index in [0.29, 0.717) is 5.82 Å². The molecular weight excluding hydrogens is 259 g/mol. The van der Waals surface area contributed by atoms with Gasteiger partial charge in [0.1, 0.15) is 12.9 Å². The predicted octanol–water partition coefficient (Wildman–Crippen LogP) is 2.43. The van der Waals surface area contributed by atoms with Crippen molar-refractivity contribution in [3.8, 4) is 5.75 Å². The predicted molar refractivity (Wildman–Crippen MR) is 73.6 cm³/mol. The number of nitrogens with two attached hydrogens (primary N) is 1. The van der Waals surface area contributed by atoms with Gasteiger partial charge in [-0.3, -0.25) is 0 Å². The molecule has 0 bridgehead atoms. The molecule has 2 rings (SSSR count). The van der Waals surface area contributed by atoms with Crippen LogP contribution in [-0.2, 0) is 13.2 Å². The summed E-state index contributed by atoms with van der Waals surface area (Å²) in [5.74, 6) is 0.462. The van der Waals surface area contributed by atoms with E-state index < -0.39 is 5.82 Å². The fourth-order valence-corrected chi connectivity index (χ4v) is 1.86. The summed E-state index contributed by atoms with van der Waals surface area (Å²) in [7, 11) is 0. The Morgan fingerprint density at radius 1 is 1.45 bits per heavy atom. The lowest BCUT2D eigenvalue weighted by atomic mass is 10.1. The molecule has 0 saturated carbocycles. The first-order chi connectivity index (χ1) is 9.61. The molecule has 5 nitrogen and oxygen atoms in total. The van der Waals surface area contributed by atoms with Gasteiger partial charge in [-0.15, -0.1) is 0 Å². The van der Waals surface area contributed by atoms with Gasteiger partial charge in [0.2, 0.25) is 0 Å². The Labute approximate surface area is 117 Å². The maximum atomic E-state index is 13.9. The van der Waals surface area contributed by atoms with Crippen molar-refractivity contribution in [2.75, 3.05) is 0 Å². The molecule has 108 valence electrons. The van der Waals surface area contributed by atoms with Gasteiger partial charge in [0.15, 0.2) is 17.4 Å². The molecule has 2 aromatic rings. The average Bonchev–Trinajstić information content (AvgIpc) is 2.85. The first-order valence-electron chi connectivity index (χ1n) is 6.66. The lowest BCUT2D eigenvalue weighted by molar-refractivity contribution is 0.272. The smallest absolute Gasteiger partial charge is 0.165 e. The summed E-state index contributed by atoms with van der Waals surface area (Å²) in [5.41, 5.74) is 6.45. The molecule has 0 radical (unpaired) electrons. The molecule has 1 aromatic carbocycles. The molecule has 6 heteroatoms. The van der Waals surface area contributed by atoms with Gasteiger partial charge in [0, 0.05) is 12.6 Å². The van der Waals surface area contributed by atoms with Crippen molar-refractivity contribution in [3.05, 3.63) is 41.7 Å². The molecule has 0 aliphatic heterocycles. The Kier molecular flexibility index (Phi) is 4.68. The van der Waals surface area contributed by atoms with Crippen molar-refractivity contribution in [2.24, 2.45) is 5.73 Å². The molecule has 0 aliphatic rings. The normalized spacial score (nSPS) is 12.4. The number of aromatic nitrogens is 3. The fourth-order valence-electron chi connectivity index (χ4n) is 1.86. The van der Waals surface area contributed by atoms with Crippen molar-refractivity contribution >= 4 is 0 Å². The van der Waals surface area contributed by atoms with Gasteiger partial charge in [-0.1, -0.05) is 13.0 Å². The summed E-state index contributed by atoms with van der Waals surface area (Å²) in [5, 5.41) is 4.09. The van der Waals surface area contributed by atoms with Crippen LogP contribution >= 0.6 is 0 Å². The van der Waals surface area contributed by atoms with Crippen molar-refractivity contribution in [3.63, 3.8) is 0 Å². The van der Waals surface area contributed by atoms with Crippen LogP contribution in [0.2, 0.25) is 0 Å². The van der Waals surface area contributed by atoms with Gasteiger partial charge >= 0.3 is 0 Å². The Bertz CT molecular complexity index is 568. The van der Waals surface area contributed by atoms with E-state index in [9.17, 15) is 4.39 Å². The van der Waals surface area contributed by atoms with Gasteiger partial charge in [-0.2, -0.15) is 5.10 Å². The highest BCUT2D eigenvalue weighted by Crippen LogP contribution is 2.21. The topological polar surface area (TPSA) is 66.0 Å². The van der Waals surface area contributed by atoms with Crippen molar-refractivity contribution in [1.29, 1.82) is 0 Å². The van der Waals surface area contributed by atoms with Crippen LogP contribution in [-0.4, -0.2) is 14.8 Å². The second-order valence-electron chi connectivity index (χ2n) is 4.67. The van der Waals surface area contributed by atoms with Gasteiger partial charge in [-0.25, -0.2) is 14.1 Å². The summed E-state index contributed by atoms with van der Waals surface area (Å²) in [4.78, 5) is 4.11. The molecule has 0 fully saturated rings. The Morgan fingerprint density at radius 3 is 2.90 bits per heavy atom. The quantitative estimate of drug-likeness (QED) is 0.881. The van der Waals surface area contributed by atoms with E-state index in [1.165, 1.54) is 12.4 Å². The lowest BCUT2D eigenvalue weighted by Gasteiger charge is -2.10. The summed E-state index contributed by atoms with van der Waals surface area (Å²) in [6.07, 6.45) is 2.43. The maximum Gasteiger partial charge on any atom is 0.165 e. The van der Waals surface area contributed by atoms with Crippen molar-refractivity contribution < 1.29 is 9.13 Å². The van der Waals surface area contributed by atoms with E-state index in [4.69, 9.17) is 10.5 Å². The lowest BCUT2D eigenvalue weighted by Crippen LogP contribution is -2.09. The maximum absolute atomic E-state index is 13.9. The third-order valence-electron chi connectivity index (χ3n) is 2.97. The fraction of sp³-hybridized carbons (Fsp3) is 0.429. The monoisotopic (exact) mass is 278 g/mol. The zero-order valence-corrected chi connectivity index (χ0v) is 11.7. The molecule has 20 heavy (non-hydrogen) atoms. The molecule has 0 amide bonds. The largest absolute Gasteiger partial charge is 0.483 e. The third kappa shape index (κ3) is 3.33. The van der Waals surface area contributed by atoms with E-state index in [2.05, 4.69) is 17.0 Å². The van der Waals surface area contributed by atoms with E-state index in [1.807, 2.05) is 6.92 Å². The molecule has 1 atom stereocenters. The minimum absolute atomic E-state index is 0.189. The van der Waals surface area contributed by atoms with Crippen LogP contribution in [0.25, 0.3) is 0 Å². The van der Waals surface area contributed by atoms with Crippen LogP contribution in [0.4, 0.5) is 4.39 Å². The standard InChI is InChI=1S/C14H19FN4O/c1-3-6-19-14(17-9-18-19)8-20-13-5-4-11(10(2)16)7-12(13)15/h4-5,7,9-10H,3,6,8,16H2,1-2H3/t10-/m1/s1. The number of aryl methyl sites for hydroxylation is 1. The van der Waals surface area contributed by atoms with Crippen LogP contribution in [0.1, 0.15) is 37.7 Å². The average molecular weight is 278 g/mol. The number of benzene rings is 1. The molecule has 2 N–H and O–H groups in total. The highest BCUT2D eigenvalue weighted by Gasteiger charge is 2.09. The van der Waals surface area contributed by atoms with E-state index in [1.54, 1.807) is 16.8 Å². The van der Waals surface area contributed by atoms with Gasteiger partial charge in [-0.05, 0) is 31.0 Å². The number of ether oxygens (including phenoxy) is 1. The molecule has 0 saturated heterocycles. The first-order valence-corrected chi connectivity index (χ1v) is 6.66. The third-order valence-corrected chi connectivity index (χ3v) is 2.97. The molecule has 0 unspecified atom stereocenters. The Balaban J connectivity index is 2.05. The van der Waals surface area contributed by atoms with E-state index in [-0.39, 0.29) is 18.4 Å². The Hall–Kier alpha value is -1.95.